The van der Waals surface area contributed by atoms with Crippen LogP contribution in [0.1, 0.15) is 27.0 Å². The minimum absolute atomic E-state index is 0.131. The first-order chi connectivity index (χ1) is 12.3. The van der Waals surface area contributed by atoms with Crippen molar-refractivity contribution in [3.8, 4) is 0 Å². The molecule has 140 valence electrons. The van der Waals surface area contributed by atoms with Crippen molar-refractivity contribution in [2.45, 2.75) is 24.5 Å². The van der Waals surface area contributed by atoms with Gasteiger partial charge in [0, 0.05) is 24.4 Å². The summed E-state index contributed by atoms with van der Waals surface area (Å²) in [6, 6.07) is 12.7. The lowest BCUT2D eigenvalue weighted by Gasteiger charge is -2.11. The van der Waals surface area contributed by atoms with E-state index in [1.165, 1.54) is 0 Å². The molecular formula is C19H24N2O3S2. The van der Waals surface area contributed by atoms with Crippen LogP contribution >= 0.6 is 11.8 Å². The van der Waals surface area contributed by atoms with Gasteiger partial charge in [0.1, 0.15) is 0 Å². The predicted octanol–water partition coefficient (Wildman–Crippen LogP) is 2.87. The molecule has 0 heterocycles. The van der Waals surface area contributed by atoms with Crippen molar-refractivity contribution in [2.24, 2.45) is 0 Å². The number of carbonyl (C=O) groups is 1. The smallest absolute Gasteiger partial charge is 0.251 e. The van der Waals surface area contributed by atoms with Crippen LogP contribution in [0.15, 0.2) is 47.4 Å². The standard InChI is InChI=1S/C19H24N2O3S2/c1-14-4-5-15(2)18(12-14)26(23,24)21-11-10-20-19(22)17-8-6-16(7-9-17)13-25-3/h4-9,12,21H,10-11,13H2,1-3H3,(H,20,22). The summed E-state index contributed by atoms with van der Waals surface area (Å²) in [5.74, 6) is 0.689. The maximum Gasteiger partial charge on any atom is 0.251 e. The number of amides is 1. The second-order valence-corrected chi connectivity index (χ2v) is 8.65. The number of nitrogens with one attached hydrogen (secondary N) is 2. The number of hydrogen-bond donors (Lipinski definition) is 2. The average Bonchev–Trinajstić information content (AvgIpc) is 2.61. The summed E-state index contributed by atoms with van der Waals surface area (Å²) in [5, 5.41) is 2.73. The highest BCUT2D eigenvalue weighted by Crippen LogP contribution is 2.16. The van der Waals surface area contributed by atoms with E-state index in [1.54, 1.807) is 43.0 Å². The van der Waals surface area contributed by atoms with Crippen LogP contribution in [0.4, 0.5) is 0 Å². The third-order valence-corrected chi connectivity index (χ3v) is 6.09. The zero-order valence-electron chi connectivity index (χ0n) is 15.2. The summed E-state index contributed by atoms with van der Waals surface area (Å²) >= 11 is 1.72. The van der Waals surface area contributed by atoms with Gasteiger partial charge in [0.05, 0.1) is 4.90 Å². The molecule has 1 amide bonds. The first-order valence-corrected chi connectivity index (χ1v) is 11.1. The van der Waals surface area contributed by atoms with E-state index in [2.05, 4.69) is 10.0 Å². The summed E-state index contributed by atoms with van der Waals surface area (Å²) in [5.41, 5.74) is 3.30. The van der Waals surface area contributed by atoms with Crippen LogP contribution in [0.25, 0.3) is 0 Å². The molecule has 2 aromatic carbocycles. The van der Waals surface area contributed by atoms with Crippen LogP contribution < -0.4 is 10.0 Å². The number of rotatable bonds is 8. The largest absolute Gasteiger partial charge is 0.351 e. The molecule has 5 nitrogen and oxygen atoms in total. The van der Waals surface area contributed by atoms with Gasteiger partial charge in [-0.3, -0.25) is 4.79 Å². The van der Waals surface area contributed by atoms with Crippen LogP contribution in [-0.2, 0) is 15.8 Å². The quantitative estimate of drug-likeness (QED) is 0.678. The van der Waals surface area contributed by atoms with Crippen molar-refractivity contribution in [3.05, 3.63) is 64.7 Å². The Labute approximate surface area is 159 Å². The normalized spacial score (nSPS) is 11.3. The summed E-state index contributed by atoms with van der Waals surface area (Å²) in [6.45, 7) is 3.96. The first-order valence-electron chi connectivity index (χ1n) is 8.26. The van der Waals surface area contributed by atoms with Gasteiger partial charge in [-0.25, -0.2) is 13.1 Å². The third-order valence-electron chi connectivity index (χ3n) is 3.86. The SMILES string of the molecule is CSCc1ccc(C(=O)NCCNS(=O)(=O)c2cc(C)ccc2C)cc1. The Kier molecular flexibility index (Phi) is 7.25. The molecule has 0 aliphatic heterocycles. The van der Waals surface area contributed by atoms with Crippen molar-refractivity contribution in [1.82, 2.24) is 10.0 Å². The molecule has 0 fully saturated rings. The second-order valence-electron chi connectivity index (χ2n) is 6.05. The number of sulfonamides is 1. The summed E-state index contributed by atoms with van der Waals surface area (Å²) < 4.78 is 27.3. The Hall–Kier alpha value is -1.83. The Balaban J connectivity index is 1.87. The fourth-order valence-electron chi connectivity index (χ4n) is 2.46. The van der Waals surface area contributed by atoms with Gasteiger partial charge in [-0.05, 0) is 55.0 Å². The topological polar surface area (TPSA) is 75.3 Å². The van der Waals surface area contributed by atoms with Crippen molar-refractivity contribution in [2.75, 3.05) is 19.3 Å². The second kappa shape index (κ2) is 9.21. The molecule has 0 saturated heterocycles. The lowest BCUT2D eigenvalue weighted by Crippen LogP contribution is -2.35. The molecule has 2 N–H and O–H groups in total. The molecule has 0 aromatic heterocycles. The molecule has 0 aliphatic rings. The minimum atomic E-state index is -3.59. The molecule has 2 rings (SSSR count). The van der Waals surface area contributed by atoms with Gasteiger partial charge >= 0.3 is 0 Å². The lowest BCUT2D eigenvalue weighted by molar-refractivity contribution is 0.0954. The van der Waals surface area contributed by atoms with Crippen molar-refractivity contribution in [3.63, 3.8) is 0 Å². The number of carbonyl (C=O) groups excluding carboxylic acids is 1. The molecule has 0 bridgehead atoms. The van der Waals surface area contributed by atoms with E-state index in [1.807, 2.05) is 31.4 Å². The number of benzene rings is 2. The molecule has 0 aliphatic carbocycles. The molecule has 0 atom stereocenters. The maximum absolute atomic E-state index is 12.4. The van der Waals surface area contributed by atoms with Crippen LogP contribution in [0.3, 0.4) is 0 Å². The summed E-state index contributed by atoms with van der Waals surface area (Å²) in [4.78, 5) is 12.4. The molecule has 0 spiro atoms. The fourth-order valence-corrected chi connectivity index (χ4v) is 4.34. The molecule has 0 radical (unpaired) electrons. The van der Waals surface area contributed by atoms with E-state index < -0.39 is 10.0 Å². The van der Waals surface area contributed by atoms with Crippen molar-refractivity contribution < 1.29 is 13.2 Å². The monoisotopic (exact) mass is 392 g/mol. The van der Waals surface area contributed by atoms with Gasteiger partial charge in [0.2, 0.25) is 10.0 Å². The minimum Gasteiger partial charge on any atom is -0.351 e. The average molecular weight is 393 g/mol. The number of thioether (sulfide) groups is 1. The van der Waals surface area contributed by atoms with E-state index in [0.29, 0.717) is 11.1 Å². The van der Waals surface area contributed by atoms with Gasteiger partial charge in [0.25, 0.3) is 5.91 Å². The molecule has 2 aromatic rings. The van der Waals surface area contributed by atoms with E-state index >= 15 is 0 Å². The first kappa shape index (κ1) is 20.5. The number of hydrogen-bond acceptors (Lipinski definition) is 4. The Morgan fingerprint density at radius 2 is 1.73 bits per heavy atom. The van der Waals surface area contributed by atoms with E-state index in [9.17, 15) is 13.2 Å². The van der Waals surface area contributed by atoms with Crippen molar-refractivity contribution in [1.29, 1.82) is 0 Å². The highest BCUT2D eigenvalue weighted by molar-refractivity contribution is 7.97. The Morgan fingerprint density at radius 3 is 2.38 bits per heavy atom. The fraction of sp³-hybridized carbons (Fsp3) is 0.316. The van der Waals surface area contributed by atoms with Gasteiger partial charge in [-0.15, -0.1) is 0 Å². The van der Waals surface area contributed by atoms with E-state index in [-0.39, 0.29) is 23.9 Å². The van der Waals surface area contributed by atoms with Gasteiger partial charge in [-0.2, -0.15) is 11.8 Å². The molecule has 0 unspecified atom stereocenters. The molecule has 26 heavy (non-hydrogen) atoms. The van der Waals surface area contributed by atoms with Crippen LogP contribution in [0.5, 0.6) is 0 Å². The van der Waals surface area contributed by atoms with E-state index in [4.69, 9.17) is 0 Å². The zero-order chi connectivity index (χ0) is 19.2. The van der Waals surface area contributed by atoms with Crippen LogP contribution in [0, 0.1) is 13.8 Å². The number of aryl methyl sites for hydroxylation is 2. The van der Waals surface area contributed by atoms with Crippen molar-refractivity contribution >= 4 is 27.7 Å². The van der Waals surface area contributed by atoms with Gasteiger partial charge in [0.15, 0.2) is 0 Å². The maximum atomic E-state index is 12.4. The van der Waals surface area contributed by atoms with Gasteiger partial charge in [-0.1, -0.05) is 24.3 Å². The molecule has 7 heteroatoms. The Morgan fingerprint density at radius 1 is 1.04 bits per heavy atom. The highest BCUT2D eigenvalue weighted by Gasteiger charge is 2.16. The van der Waals surface area contributed by atoms with Gasteiger partial charge < -0.3 is 5.32 Å². The third kappa shape index (κ3) is 5.59. The zero-order valence-corrected chi connectivity index (χ0v) is 16.8. The van der Waals surface area contributed by atoms with Crippen LogP contribution in [0.2, 0.25) is 0 Å². The predicted molar refractivity (Wildman–Crippen MR) is 107 cm³/mol. The van der Waals surface area contributed by atoms with Crippen LogP contribution in [-0.4, -0.2) is 33.7 Å². The lowest BCUT2D eigenvalue weighted by atomic mass is 10.1. The molecular weight excluding hydrogens is 368 g/mol. The Bertz CT molecular complexity index is 863. The summed E-state index contributed by atoms with van der Waals surface area (Å²) in [6.07, 6.45) is 2.03. The summed E-state index contributed by atoms with van der Waals surface area (Å²) in [7, 11) is -3.59. The highest BCUT2D eigenvalue weighted by atomic mass is 32.2. The molecule has 0 saturated carbocycles. The van der Waals surface area contributed by atoms with E-state index in [0.717, 1.165) is 16.9 Å².